The maximum Gasteiger partial charge on any atom is 0.262 e. The van der Waals surface area contributed by atoms with Gasteiger partial charge in [0.25, 0.3) is 26.0 Å². The van der Waals surface area contributed by atoms with Gasteiger partial charge in [-0.3, -0.25) is 14.2 Å². The van der Waals surface area contributed by atoms with Gasteiger partial charge in [0.15, 0.2) is 0 Å². The zero-order valence-corrected chi connectivity index (χ0v) is 26.8. The van der Waals surface area contributed by atoms with E-state index in [0.717, 1.165) is 0 Å². The first-order valence-corrected chi connectivity index (χ1v) is 17.1. The lowest BCUT2D eigenvalue weighted by Crippen LogP contribution is -2.36. The minimum atomic E-state index is -4.12. The van der Waals surface area contributed by atoms with Crippen LogP contribution in [0.3, 0.4) is 0 Å². The van der Waals surface area contributed by atoms with E-state index in [1.54, 1.807) is 55.5 Å². The number of halogens is 1. The highest BCUT2D eigenvalue weighted by molar-refractivity contribution is 7.93. The Balaban J connectivity index is 1.47. The number of nitrogens with zero attached hydrogens (tertiary/aromatic N) is 1. The molecule has 1 aliphatic heterocycles. The van der Waals surface area contributed by atoms with Crippen LogP contribution in [0.2, 0.25) is 5.02 Å². The summed E-state index contributed by atoms with van der Waals surface area (Å²) in [4.78, 5) is 15.4. The van der Waals surface area contributed by atoms with Gasteiger partial charge in [-0.15, -0.1) is 0 Å². The molecule has 0 aromatic heterocycles. The Morgan fingerprint density at radius 1 is 0.822 bits per heavy atom. The number of ether oxygens (including phenoxy) is 2. The number of benzene rings is 4. The number of sulfonamides is 2. The Kier molecular flexibility index (Phi) is 9.53. The van der Waals surface area contributed by atoms with E-state index < -0.39 is 26.0 Å². The number of aryl methyl sites for hydroxylation is 1. The molecule has 45 heavy (non-hydrogen) atoms. The number of hydrogen-bond donors (Lipinski definition) is 3. The summed E-state index contributed by atoms with van der Waals surface area (Å²) in [7, 11) is -6.79. The topological polar surface area (TPSA) is 143 Å². The van der Waals surface area contributed by atoms with Crippen molar-refractivity contribution in [1.29, 1.82) is 0 Å². The molecule has 4 aromatic carbocycles. The minimum absolute atomic E-state index is 0.0522. The molecule has 0 aliphatic carbocycles. The zero-order chi connectivity index (χ0) is 32.2. The lowest BCUT2D eigenvalue weighted by Gasteiger charge is -2.30. The molecule has 0 bridgehead atoms. The van der Waals surface area contributed by atoms with Gasteiger partial charge in [-0.1, -0.05) is 41.9 Å². The average Bonchev–Trinajstić information content (AvgIpc) is 3.02. The van der Waals surface area contributed by atoms with Gasteiger partial charge in [0, 0.05) is 18.7 Å². The maximum absolute atomic E-state index is 13.6. The third-order valence-corrected chi connectivity index (χ3v) is 10.3. The molecule has 0 atom stereocenters. The summed E-state index contributed by atoms with van der Waals surface area (Å²) in [5.74, 6) is -0.297. The number of morpholine rings is 1. The van der Waals surface area contributed by atoms with Crippen LogP contribution < -0.4 is 24.4 Å². The highest BCUT2D eigenvalue weighted by atomic mass is 35.5. The van der Waals surface area contributed by atoms with Gasteiger partial charge in [-0.25, -0.2) is 16.8 Å². The monoisotopic (exact) mass is 670 g/mol. The summed E-state index contributed by atoms with van der Waals surface area (Å²) in [6.45, 7) is 3.58. The molecule has 1 saturated heterocycles. The number of hydrogen-bond acceptors (Lipinski definition) is 8. The van der Waals surface area contributed by atoms with Crippen molar-refractivity contribution in [3.63, 3.8) is 0 Å². The molecule has 236 valence electrons. The third kappa shape index (κ3) is 7.34. The van der Waals surface area contributed by atoms with Crippen LogP contribution in [0.15, 0.2) is 94.7 Å². The van der Waals surface area contributed by atoms with Crippen LogP contribution in [-0.4, -0.2) is 56.2 Å². The van der Waals surface area contributed by atoms with Crippen molar-refractivity contribution in [3.8, 4) is 5.75 Å². The van der Waals surface area contributed by atoms with E-state index in [9.17, 15) is 21.6 Å². The summed E-state index contributed by atoms with van der Waals surface area (Å²) in [6.07, 6.45) is 0. The SMILES string of the molecule is COc1ccccc1NS(=O)(=O)c1cc(C(=O)Nc2cc(S(=O)(=O)Nc3ccccc3Cl)ccc2N2CCOCC2)ccc1C. The van der Waals surface area contributed by atoms with Gasteiger partial charge < -0.3 is 19.7 Å². The third-order valence-electron chi connectivity index (χ3n) is 7.09. The molecule has 1 heterocycles. The van der Waals surface area contributed by atoms with Crippen molar-refractivity contribution in [1.82, 2.24) is 0 Å². The van der Waals surface area contributed by atoms with E-state index in [-0.39, 0.29) is 37.4 Å². The highest BCUT2D eigenvalue weighted by Crippen LogP contribution is 2.33. The molecule has 1 amide bonds. The molecular weight excluding hydrogens is 640 g/mol. The standard InChI is InChI=1S/C31H31ClN4O7S2/c1-21-11-12-22(19-30(21)45(40,41)35-26-9-5-6-10-29(26)42-2)31(37)33-27-20-23(13-14-28(27)36-15-17-43-18-16-36)44(38,39)34-25-8-4-3-7-24(25)32/h3-14,19-20,34-35H,15-18H2,1-2H3,(H,33,37). The molecule has 5 rings (SSSR count). The van der Waals surface area contributed by atoms with Crippen LogP contribution >= 0.6 is 11.6 Å². The summed E-state index contributed by atoms with van der Waals surface area (Å²) in [6, 6.07) is 21.7. The van der Waals surface area contributed by atoms with Crippen LogP contribution in [0.25, 0.3) is 0 Å². The van der Waals surface area contributed by atoms with Gasteiger partial charge in [-0.2, -0.15) is 0 Å². The second kappa shape index (κ2) is 13.4. The van der Waals surface area contributed by atoms with Gasteiger partial charge in [0.1, 0.15) is 5.75 Å². The molecule has 3 N–H and O–H groups in total. The maximum atomic E-state index is 13.6. The Morgan fingerprint density at radius 3 is 2.20 bits per heavy atom. The first-order chi connectivity index (χ1) is 21.5. The molecule has 0 saturated carbocycles. The first-order valence-electron chi connectivity index (χ1n) is 13.8. The molecule has 4 aromatic rings. The van der Waals surface area contributed by atoms with E-state index >= 15 is 0 Å². The molecule has 11 nitrogen and oxygen atoms in total. The van der Waals surface area contributed by atoms with E-state index in [1.165, 1.54) is 43.5 Å². The van der Waals surface area contributed by atoms with E-state index in [1.807, 2.05) is 4.90 Å². The van der Waals surface area contributed by atoms with Crippen molar-refractivity contribution < 1.29 is 31.1 Å². The lowest BCUT2D eigenvalue weighted by molar-refractivity contribution is 0.102. The van der Waals surface area contributed by atoms with Crippen molar-refractivity contribution in [2.75, 3.05) is 53.1 Å². The number of anilines is 4. The van der Waals surface area contributed by atoms with Gasteiger partial charge in [0.05, 0.1) is 57.9 Å². The zero-order valence-electron chi connectivity index (χ0n) is 24.4. The van der Waals surface area contributed by atoms with Gasteiger partial charge in [-0.05, 0) is 67.1 Å². The van der Waals surface area contributed by atoms with Crippen LogP contribution in [0.5, 0.6) is 5.75 Å². The van der Waals surface area contributed by atoms with Crippen LogP contribution in [0, 0.1) is 6.92 Å². The summed E-state index contributed by atoms with van der Waals surface area (Å²) in [5, 5.41) is 3.03. The Bertz CT molecular complexity index is 1950. The summed E-state index contributed by atoms with van der Waals surface area (Å²) >= 11 is 6.17. The second-order valence-electron chi connectivity index (χ2n) is 10.1. The van der Waals surface area contributed by atoms with Crippen molar-refractivity contribution in [3.05, 3.63) is 101 Å². The number of methoxy groups -OCH3 is 1. The van der Waals surface area contributed by atoms with Crippen molar-refractivity contribution in [2.24, 2.45) is 0 Å². The van der Waals surface area contributed by atoms with Crippen LogP contribution in [0.1, 0.15) is 15.9 Å². The van der Waals surface area contributed by atoms with Crippen LogP contribution in [0.4, 0.5) is 22.7 Å². The molecule has 0 unspecified atom stereocenters. The summed E-state index contributed by atoms with van der Waals surface area (Å²) < 4.78 is 69.2. The second-order valence-corrected chi connectivity index (χ2v) is 13.8. The fraction of sp³-hybridized carbons (Fsp3) is 0.194. The molecular formula is C31H31ClN4O7S2. The Hall–Kier alpha value is -4.30. The lowest BCUT2D eigenvalue weighted by atomic mass is 10.1. The quantitative estimate of drug-likeness (QED) is 0.205. The predicted octanol–water partition coefficient (Wildman–Crippen LogP) is 5.35. The van der Waals surface area contributed by atoms with Gasteiger partial charge >= 0.3 is 0 Å². The number of amides is 1. The average molecular weight is 671 g/mol. The number of carbonyl (C=O) groups excluding carboxylic acids is 1. The number of nitrogens with one attached hydrogen (secondary N) is 3. The van der Waals surface area contributed by atoms with Crippen molar-refractivity contribution >= 4 is 60.3 Å². The van der Waals surface area contributed by atoms with Gasteiger partial charge in [0.2, 0.25) is 0 Å². The Morgan fingerprint density at radius 2 is 1.49 bits per heavy atom. The predicted molar refractivity (Wildman–Crippen MR) is 175 cm³/mol. The minimum Gasteiger partial charge on any atom is -0.495 e. The molecule has 0 spiro atoms. The smallest absolute Gasteiger partial charge is 0.262 e. The largest absolute Gasteiger partial charge is 0.495 e. The number of rotatable bonds is 10. The first kappa shape index (κ1) is 32.1. The van der Waals surface area contributed by atoms with Crippen molar-refractivity contribution in [2.45, 2.75) is 16.7 Å². The van der Waals surface area contributed by atoms with E-state index in [4.69, 9.17) is 21.1 Å². The molecule has 0 radical (unpaired) electrons. The van der Waals surface area contributed by atoms with E-state index in [0.29, 0.717) is 43.3 Å². The molecule has 1 fully saturated rings. The number of carbonyl (C=O) groups is 1. The van der Waals surface area contributed by atoms with E-state index in [2.05, 4.69) is 14.8 Å². The summed E-state index contributed by atoms with van der Waals surface area (Å²) in [5.41, 5.74) is 1.73. The fourth-order valence-electron chi connectivity index (χ4n) is 4.76. The highest BCUT2D eigenvalue weighted by Gasteiger charge is 2.24. The fourth-order valence-corrected chi connectivity index (χ4v) is 7.45. The molecule has 1 aliphatic rings. The molecule has 14 heteroatoms. The number of para-hydroxylation sites is 3. The van der Waals surface area contributed by atoms with Crippen LogP contribution in [-0.2, 0) is 24.8 Å². The Labute approximate surface area is 267 Å². The normalized spacial score (nSPS) is 13.6.